The van der Waals surface area contributed by atoms with E-state index in [2.05, 4.69) is 6.92 Å². The first-order chi connectivity index (χ1) is 11.6. The van der Waals surface area contributed by atoms with Crippen molar-refractivity contribution in [3.05, 3.63) is 45.5 Å². The van der Waals surface area contributed by atoms with Gasteiger partial charge in [0.05, 0.1) is 0 Å². The normalized spacial score (nSPS) is 13.6. The average Bonchev–Trinajstić information content (AvgIpc) is 2.60. The Labute approximate surface area is 144 Å². The molecule has 1 rings (SSSR count). The smallest absolute Gasteiger partial charge is 0.272 e. The van der Waals surface area contributed by atoms with Crippen LogP contribution < -0.4 is 0 Å². The molecule has 0 aromatic heterocycles. The molecule has 0 radical (unpaired) electrons. The molecule has 1 N–H and O–H groups in total. The van der Waals surface area contributed by atoms with Crippen LogP contribution in [-0.2, 0) is 12.8 Å². The zero-order valence-electron chi connectivity index (χ0n) is 14.7. The number of hydrogen-bond donors (Lipinski definition) is 1. The van der Waals surface area contributed by atoms with E-state index in [1.165, 1.54) is 44.1 Å². The summed E-state index contributed by atoms with van der Waals surface area (Å²) in [4.78, 5) is 10.3. The number of unbranched alkanes of at least 4 members (excludes halogenated alkanes) is 5. The molecule has 0 aliphatic heterocycles. The van der Waals surface area contributed by atoms with Gasteiger partial charge in [-0.15, -0.1) is 0 Å². The van der Waals surface area contributed by atoms with Crippen LogP contribution in [0, 0.1) is 10.1 Å². The molecule has 0 aliphatic carbocycles. The van der Waals surface area contributed by atoms with Crippen LogP contribution in [0.1, 0.15) is 63.0 Å². The minimum Gasteiger partial charge on any atom is -0.389 e. The number of aliphatic hydroxyl groups excluding tert-OH is 1. The van der Waals surface area contributed by atoms with Crippen LogP contribution in [-0.4, -0.2) is 28.9 Å². The minimum absolute atomic E-state index is 0.00375. The van der Waals surface area contributed by atoms with E-state index in [9.17, 15) is 14.5 Å². The second kappa shape index (κ2) is 11.1. The predicted molar refractivity (Wildman–Crippen MR) is 94.6 cm³/mol. The van der Waals surface area contributed by atoms with E-state index in [1.807, 2.05) is 24.3 Å². The van der Waals surface area contributed by atoms with Gasteiger partial charge in [-0.25, -0.2) is 4.39 Å². The molecular weight excluding hydrogens is 308 g/mol. The van der Waals surface area contributed by atoms with E-state index >= 15 is 0 Å². The minimum atomic E-state index is -1.86. The van der Waals surface area contributed by atoms with Crippen molar-refractivity contribution in [2.45, 2.75) is 70.3 Å². The van der Waals surface area contributed by atoms with Gasteiger partial charge in [-0.05, 0) is 30.4 Å². The maximum absolute atomic E-state index is 13.0. The van der Waals surface area contributed by atoms with Crippen molar-refractivity contribution in [1.82, 2.24) is 0 Å². The van der Waals surface area contributed by atoms with Gasteiger partial charge in [0.25, 0.3) is 5.54 Å². The first-order valence-electron chi connectivity index (χ1n) is 8.97. The van der Waals surface area contributed by atoms with Gasteiger partial charge >= 0.3 is 0 Å². The van der Waals surface area contributed by atoms with E-state index in [4.69, 9.17) is 5.11 Å². The van der Waals surface area contributed by atoms with Crippen LogP contribution >= 0.6 is 0 Å². The van der Waals surface area contributed by atoms with Gasteiger partial charge in [0, 0.05) is 11.3 Å². The number of benzene rings is 1. The quantitative estimate of drug-likeness (QED) is 0.327. The van der Waals surface area contributed by atoms with Crippen molar-refractivity contribution < 1.29 is 14.4 Å². The summed E-state index contributed by atoms with van der Waals surface area (Å²) in [6.07, 6.45) is 9.05. The predicted octanol–water partition coefficient (Wildman–Crippen LogP) is 4.50. The zero-order valence-corrected chi connectivity index (χ0v) is 14.7. The van der Waals surface area contributed by atoms with Gasteiger partial charge in [-0.2, -0.15) is 0 Å². The molecule has 4 nitrogen and oxygen atoms in total. The van der Waals surface area contributed by atoms with Crippen molar-refractivity contribution in [3.63, 3.8) is 0 Å². The first kappa shape index (κ1) is 20.6. The molecule has 1 unspecified atom stereocenters. The zero-order chi connectivity index (χ0) is 17.8. The summed E-state index contributed by atoms with van der Waals surface area (Å²) in [5.41, 5.74) is 0.342. The molecule has 0 saturated carbocycles. The number of hydrogen-bond acceptors (Lipinski definition) is 3. The lowest BCUT2D eigenvalue weighted by atomic mass is 9.93. The molecule has 0 spiro atoms. The highest BCUT2D eigenvalue weighted by Gasteiger charge is 2.42. The lowest BCUT2D eigenvalue weighted by Crippen LogP contribution is -2.44. The standard InChI is InChI=1S/C19H30FNO3/c1-2-3-4-5-6-7-8-17-9-11-18(12-10-17)13-14-19(15-20,16-22)21(23)24/h9-12,22H,2-8,13-16H2,1H3/i20-1. The molecule has 1 aromatic carbocycles. The topological polar surface area (TPSA) is 63.4 Å². The molecule has 0 heterocycles. The van der Waals surface area contributed by atoms with Crippen molar-refractivity contribution >= 4 is 0 Å². The number of aryl methyl sites for hydroxylation is 2. The maximum atomic E-state index is 13.0. The summed E-state index contributed by atoms with van der Waals surface area (Å²) in [5, 5.41) is 20.1. The highest BCUT2D eigenvalue weighted by molar-refractivity contribution is 5.23. The summed E-state index contributed by atoms with van der Waals surface area (Å²) in [7, 11) is 0. The highest BCUT2D eigenvalue weighted by Crippen LogP contribution is 2.20. The van der Waals surface area contributed by atoms with Crippen molar-refractivity contribution in [2.24, 2.45) is 0 Å². The molecule has 1 atom stereocenters. The largest absolute Gasteiger partial charge is 0.389 e. The summed E-state index contributed by atoms with van der Waals surface area (Å²) in [6.45, 7) is 0.296. The third-order valence-electron chi connectivity index (χ3n) is 4.65. The van der Waals surface area contributed by atoms with Crippen molar-refractivity contribution in [3.8, 4) is 0 Å². The molecule has 0 amide bonds. The number of aliphatic hydroxyl groups is 1. The lowest BCUT2D eigenvalue weighted by molar-refractivity contribution is -0.576. The Bertz CT molecular complexity index is 472. The van der Waals surface area contributed by atoms with Gasteiger partial charge in [-0.3, -0.25) is 10.1 Å². The second-order valence-electron chi connectivity index (χ2n) is 6.61. The van der Waals surface area contributed by atoms with E-state index in [-0.39, 0.29) is 6.42 Å². The van der Waals surface area contributed by atoms with E-state index < -0.39 is 23.7 Å². The van der Waals surface area contributed by atoms with Crippen LogP contribution in [0.3, 0.4) is 0 Å². The third-order valence-corrected chi connectivity index (χ3v) is 4.65. The Balaban J connectivity index is 2.40. The first-order valence-corrected chi connectivity index (χ1v) is 8.97. The fourth-order valence-corrected chi connectivity index (χ4v) is 2.75. The van der Waals surface area contributed by atoms with Crippen LogP contribution in [0.15, 0.2) is 24.3 Å². The Morgan fingerprint density at radius 2 is 1.58 bits per heavy atom. The fraction of sp³-hybridized carbons (Fsp3) is 0.684. The molecular formula is C19H30FNO3. The third kappa shape index (κ3) is 6.56. The number of halogens is 1. The van der Waals surface area contributed by atoms with Crippen LogP contribution in [0.5, 0.6) is 0 Å². The van der Waals surface area contributed by atoms with E-state index in [0.29, 0.717) is 6.42 Å². The molecule has 24 heavy (non-hydrogen) atoms. The Hall–Kier alpha value is -1.49. The van der Waals surface area contributed by atoms with Gasteiger partial charge in [0.1, 0.15) is 6.61 Å². The number of alkyl halides is 1. The SMILES string of the molecule is CCCCCCCCc1ccc(CCC(CO)(C[18F])[N+](=O)[O-])cc1. The summed E-state index contributed by atoms with van der Waals surface area (Å²) < 4.78 is 13.0. The molecule has 0 bridgehead atoms. The summed E-state index contributed by atoms with van der Waals surface area (Å²) in [5.74, 6) is 0. The van der Waals surface area contributed by atoms with E-state index in [0.717, 1.165) is 12.0 Å². The summed E-state index contributed by atoms with van der Waals surface area (Å²) in [6, 6.07) is 7.99. The van der Waals surface area contributed by atoms with Gasteiger partial charge in [-0.1, -0.05) is 63.3 Å². The van der Waals surface area contributed by atoms with Crippen molar-refractivity contribution in [1.29, 1.82) is 0 Å². The van der Waals surface area contributed by atoms with Gasteiger partial charge in [0.2, 0.25) is 0 Å². The molecule has 0 saturated heterocycles. The van der Waals surface area contributed by atoms with Gasteiger partial charge < -0.3 is 5.11 Å². The lowest BCUT2D eigenvalue weighted by Gasteiger charge is -2.19. The Morgan fingerprint density at radius 3 is 2.08 bits per heavy atom. The average molecular weight is 338 g/mol. The monoisotopic (exact) mass is 338 g/mol. The Morgan fingerprint density at radius 1 is 1.04 bits per heavy atom. The van der Waals surface area contributed by atoms with Crippen LogP contribution in [0.4, 0.5) is 4.39 Å². The van der Waals surface area contributed by atoms with Crippen LogP contribution in [0.25, 0.3) is 0 Å². The van der Waals surface area contributed by atoms with E-state index in [1.54, 1.807) is 0 Å². The summed E-state index contributed by atoms with van der Waals surface area (Å²) >= 11 is 0. The highest BCUT2D eigenvalue weighted by atomic mass is 18.2. The fourth-order valence-electron chi connectivity index (χ4n) is 2.75. The Kier molecular flexibility index (Phi) is 9.53. The van der Waals surface area contributed by atoms with Gasteiger partial charge in [0.15, 0.2) is 6.67 Å². The molecule has 0 fully saturated rings. The number of nitro groups is 1. The second-order valence-corrected chi connectivity index (χ2v) is 6.61. The molecule has 0 aliphatic rings. The number of rotatable bonds is 13. The number of nitrogens with zero attached hydrogens (tertiary/aromatic N) is 1. The molecule has 136 valence electrons. The molecule has 1 aromatic rings. The maximum Gasteiger partial charge on any atom is 0.272 e. The van der Waals surface area contributed by atoms with Crippen LogP contribution in [0.2, 0.25) is 0 Å². The molecule has 5 heteroatoms. The van der Waals surface area contributed by atoms with Crippen molar-refractivity contribution in [2.75, 3.05) is 13.3 Å².